The van der Waals surface area contributed by atoms with Gasteiger partial charge in [-0.3, -0.25) is 0 Å². The van der Waals surface area contributed by atoms with E-state index in [4.69, 9.17) is 17.3 Å². The summed E-state index contributed by atoms with van der Waals surface area (Å²) >= 11 is 8.65. The molecule has 0 bridgehead atoms. The first kappa shape index (κ1) is 12.5. The Morgan fingerprint density at radius 3 is 2.60 bits per heavy atom. The number of hydrogen-bond donors (Lipinski definition) is 1. The van der Waals surface area contributed by atoms with Gasteiger partial charge in [-0.2, -0.15) is 0 Å². The summed E-state index contributed by atoms with van der Waals surface area (Å²) in [5.74, 6) is -0.562. The van der Waals surface area contributed by atoms with Gasteiger partial charge in [0.15, 0.2) is 5.75 Å². The maximum Gasteiger partial charge on any atom is 0.573 e. The fraction of sp³-hybridized carbons (Fsp3) is 0.286. The molecule has 84 valence electrons. The minimum Gasteiger partial charge on any atom is -0.403 e. The lowest BCUT2D eigenvalue weighted by Gasteiger charge is -2.12. The Hall–Kier alpha value is -0.530. The highest BCUT2D eigenvalue weighted by atomic mass is 79.9. The average Bonchev–Trinajstić information content (AvgIpc) is 2.09. The number of nitrogens with zero attached hydrogens (tertiary/aromatic N) is 1. The molecule has 1 rings (SSSR count). The van der Waals surface area contributed by atoms with Gasteiger partial charge in [0, 0.05) is 12.1 Å². The third kappa shape index (κ3) is 3.22. The maximum absolute atomic E-state index is 11.9. The summed E-state index contributed by atoms with van der Waals surface area (Å²) in [7, 11) is 0. The molecule has 0 aliphatic carbocycles. The van der Waals surface area contributed by atoms with Crippen LogP contribution in [0.5, 0.6) is 5.75 Å². The zero-order valence-corrected chi connectivity index (χ0v) is 9.45. The SMILES string of the molecule is NCc1c(Br)ncc(OC(F)(F)F)c1Cl. The van der Waals surface area contributed by atoms with E-state index in [-0.39, 0.29) is 17.1 Å². The van der Waals surface area contributed by atoms with Gasteiger partial charge in [0.1, 0.15) is 4.60 Å². The molecule has 0 saturated heterocycles. The molecule has 1 aromatic rings. The third-order valence-corrected chi connectivity index (χ3v) is 2.55. The Bertz CT molecular complexity index is 372. The monoisotopic (exact) mass is 304 g/mol. The van der Waals surface area contributed by atoms with Crippen molar-refractivity contribution < 1.29 is 17.9 Å². The molecule has 0 aromatic carbocycles. The van der Waals surface area contributed by atoms with E-state index in [0.717, 1.165) is 6.20 Å². The molecular formula is C7H5BrClF3N2O. The minimum absolute atomic E-state index is 0.0402. The summed E-state index contributed by atoms with van der Waals surface area (Å²) in [6.07, 6.45) is -3.93. The molecule has 8 heteroatoms. The number of hydrogen-bond acceptors (Lipinski definition) is 3. The van der Waals surface area contributed by atoms with Gasteiger partial charge < -0.3 is 10.5 Å². The lowest BCUT2D eigenvalue weighted by Crippen LogP contribution is -2.18. The van der Waals surface area contributed by atoms with E-state index in [0.29, 0.717) is 4.60 Å². The summed E-state index contributed by atoms with van der Waals surface area (Å²) in [6.45, 7) is -0.0402. The van der Waals surface area contributed by atoms with Gasteiger partial charge in [-0.15, -0.1) is 13.2 Å². The molecule has 0 saturated carbocycles. The molecule has 2 N–H and O–H groups in total. The molecule has 0 spiro atoms. The van der Waals surface area contributed by atoms with E-state index < -0.39 is 12.1 Å². The molecular weight excluding hydrogens is 300 g/mol. The number of aromatic nitrogens is 1. The quantitative estimate of drug-likeness (QED) is 0.855. The van der Waals surface area contributed by atoms with Gasteiger partial charge in [-0.05, 0) is 15.9 Å². The van der Waals surface area contributed by atoms with Gasteiger partial charge in [0.25, 0.3) is 0 Å². The Morgan fingerprint density at radius 2 is 2.13 bits per heavy atom. The smallest absolute Gasteiger partial charge is 0.403 e. The summed E-state index contributed by atoms with van der Waals surface area (Å²) < 4.78 is 39.7. The number of halogens is 5. The van der Waals surface area contributed by atoms with Gasteiger partial charge in [-0.1, -0.05) is 11.6 Å². The third-order valence-electron chi connectivity index (χ3n) is 1.46. The van der Waals surface area contributed by atoms with Crippen LogP contribution in [0.15, 0.2) is 10.8 Å². The summed E-state index contributed by atoms with van der Waals surface area (Å²) in [4.78, 5) is 3.62. The van der Waals surface area contributed by atoms with Crippen molar-refractivity contribution in [3.05, 3.63) is 21.4 Å². The molecule has 15 heavy (non-hydrogen) atoms. The zero-order chi connectivity index (χ0) is 11.6. The van der Waals surface area contributed by atoms with E-state index in [9.17, 15) is 13.2 Å². The predicted octanol–water partition coefficient (Wildman–Crippen LogP) is 2.85. The molecule has 0 aliphatic heterocycles. The Morgan fingerprint density at radius 1 is 1.53 bits per heavy atom. The van der Waals surface area contributed by atoms with Gasteiger partial charge in [0.2, 0.25) is 0 Å². The van der Waals surface area contributed by atoms with Crippen LogP contribution in [0.3, 0.4) is 0 Å². The van der Waals surface area contributed by atoms with Crippen LogP contribution < -0.4 is 10.5 Å². The fourth-order valence-electron chi connectivity index (χ4n) is 0.859. The van der Waals surface area contributed by atoms with Crippen LogP contribution in [0.4, 0.5) is 13.2 Å². The first-order valence-electron chi connectivity index (χ1n) is 3.64. The van der Waals surface area contributed by atoms with Gasteiger partial charge >= 0.3 is 6.36 Å². The van der Waals surface area contributed by atoms with Crippen molar-refractivity contribution in [2.24, 2.45) is 5.73 Å². The first-order valence-corrected chi connectivity index (χ1v) is 4.81. The van der Waals surface area contributed by atoms with Crippen LogP contribution in [0.1, 0.15) is 5.56 Å². The average molecular weight is 305 g/mol. The van der Waals surface area contributed by atoms with Crippen LogP contribution in [0, 0.1) is 0 Å². The minimum atomic E-state index is -4.80. The fourth-order valence-corrected chi connectivity index (χ4v) is 1.69. The largest absolute Gasteiger partial charge is 0.573 e. The van der Waals surface area contributed by atoms with Gasteiger partial charge in [0.05, 0.1) is 11.2 Å². The molecule has 0 aliphatic rings. The molecule has 1 heterocycles. The van der Waals surface area contributed by atoms with E-state index in [1.165, 1.54) is 0 Å². The molecule has 1 aromatic heterocycles. The van der Waals surface area contributed by atoms with Crippen LogP contribution in [-0.2, 0) is 6.54 Å². The normalized spacial score (nSPS) is 11.6. The number of pyridine rings is 1. The summed E-state index contributed by atoms with van der Waals surface area (Å²) in [5, 5.41) is -0.197. The predicted molar refractivity (Wildman–Crippen MR) is 51.5 cm³/mol. The van der Waals surface area contributed by atoms with Crippen molar-refractivity contribution in [2.45, 2.75) is 12.9 Å². The lowest BCUT2D eigenvalue weighted by atomic mass is 10.3. The summed E-state index contributed by atoms with van der Waals surface area (Å²) in [6, 6.07) is 0. The van der Waals surface area contributed by atoms with Crippen molar-refractivity contribution in [2.75, 3.05) is 0 Å². The van der Waals surface area contributed by atoms with Crippen LogP contribution in [-0.4, -0.2) is 11.3 Å². The standard InChI is InChI=1S/C7H5BrClF3N2O/c8-6-3(1-13)5(9)4(2-14-6)15-7(10,11)12/h2H,1,13H2. The number of alkyl halides is 3. The molecule has 0 radical (unpaired) electrons. The van der Waals surface area contributed by atoms with Gasteiger partial charge in [-0.25, -0.2) is 4.98 Å². The van der Waals surface area contributed by atoms with Crippen molar-refractivity contribution >= 4 is 27.5 Å². The van der Waals surface area contributed by atoms with Crippen molar-refractivity contribution in [1.29, 1.82) is 0 Å². The topological polar surface area (TPSA) is 48.1 Å². The van der Waals surface area contributed by atoms with Crippen LogP contribution in [0.2, 0.25) is 5.02 Å². The highest BCUT2D eigenvalue weighted by molar-refractivity contribution is 9.10. The first-order chi connectivity index (χ1) is 6.85. The lowest BCUT2D eigenvalue weighted by molar-refractivity contribution is -0.274. The molecule has 0 unspecified atom stereocenters. The van der Waals surface area contributed by atoms with E-state index in [1.807, 2.05) is 0 Å². The van der Waals surface area contributed by atoms with Crippen LogP contribution in [0.25, 0.3) is 0 Å². The molecule has 0 atom stereocenters. The second-order valence-corrected chi connectivity index (χ2v) is 3.59. The van der Waals surface area contributed by atoms with E-state index in [1.54, 1.807) is 0 Å². The second kappa shape index (κ2) is 4.54. The Balaban J connectivity index is 3.11. The van der Waals surface area contributed by atoms with Crippen molar-refractivity contribution in [3.8, 4) is 5.75 Å². The Kier molecular flexibility index (Phi) is 3.80. The second-order valence-electron chi connectivity index (χ2n) is 2.46. The molecule has 0 amide bonds. The number of rotatable bonds is 2. The maximum atomic E-state index is 11.9. The highest BCUT2D eigenvalue weighted by Gasteiger charge is 2.32. The van der Waals surface area contributed by atoms with E-state index >= 15 is 0 Å². The molecule has 3 nitrogen and oxygen atoms in total. The molecule has 0 fully saturated rings. The Labute approximate surface area is 96.5 Å². The van der Waals surface area contributed by atoms with Crippen molar-refractivity contribution in [3.63, 3.8) is 0 Å². The number of nitrogens with two attached hydrogens (primary N) is 1. The van der Waals surface area contributed by atoms with Crippen molar-refractivity contribution in [1.82, 2.24) is 4.98 Å². The summed E-state index contributed by atoms with van der Waals surface area (Å²) in [5.41, 5.74) is 5.56. The zero-order valence-electron chi connectivity index (χ0n) is 7.11. The number of ether oxygens (including phenoxy) is 1. The van der Waals surface area contributed by atoms with E-state index in [2.05, 4.69) is 25.7 Å². The van der Waals surface area contributed by atoms with Crippen LogP contribution >= 0.6 is 27.5 Å². The highest BCUT2D eigenvalue weighted by Crippen LogP contribution is 2.34.